The lowest BCUT2D eigenvalue weighted by Crippen LogP contribution is -2.57. The molecule has 0 saturated carbocycles. The Hall–Kier alpha value is -4.01. The molecular formula is C21H31N7O8. The smallest absolute Gasteiger partial charge is 0.326 e. The molecule has 15 heteroatoms. The first kappa shape index (κ1) is 28.2. The van der Waals surface area contributed by atoms with Crippen molar-refractivity contribution in [3.63, 3.8) is 0 Å². The number of carboxylic acid groups (broad SMARTS) is 2. The van der Waals surface area contributed by atoms with Crippen LogP contribution in [0.4, 0.5) is 0 Å². The number of nitrogens with two attached hydrogens (primary N) is 2. The number of H-pyrrole nitrogens is 1. The second-order valence-corrected chi connectivity index (χ2v) is 8.48. The van der Waals surface area contributed by atoms with E-state index in [0.717, 1.165) is 4.90 Å². The number of hydrogen-bond acceptors (Lipinski definition) is 8. The summed E-state index contributed by atoms with van der Waals surface area (Å²) in [6, 6.07) is -4.83. The maximum Gasteiger partial charge on any atom is 0.326 e. The van der Waals surface area contributed by atoms with E-state index in [9.17, 15) is 33.9 Å². The molecule has 36 heavy (non-hydrogen) atoms. The molecule has 2 heterocycles. The summed E-state index contributed by atoms with van der Waals surface area (Å²) in [4.78, 5) is 80.3. The van der Waals surface area contributed by atoms with Crippen LogP contribution in [0.15, 0.2) is 12.5 Å². The zero-order valence-electron chi connectivity index (χ0n) is 19.5. The summed E-state index contributed by atoms with van der Waals surface area (Å²) in [6.07, 6.45) is 2.38. The minimum absolute atomic E-state index is 0.0846. The first-order valence-electron chi connectivity index (χ1n) is 11.4. The maximum atomic E-state index is 13.1. The number of likely N-dealkylation sites (tertiary alicyclic amines) is 1. The number of primary amides is 1. The van der Waals surface area contributed by atoms with Gasteiger partial charge in [-0.25, -0.2) is 9.78 Å². The standard InChI is InChI=1S/C21H31N7O8/c22-12(8-11-9-24-10-25-11)18(32)26-13(3-5-16(23)29)19(33)27-14(4-6-17(30)31)20(34)28-7-1-2-15(28)21(35)36/h9-10,12-15H,1-8,22H2,(H2,23,29)(H,24,25)(H,26,32)(H,27,33)(H,30,31)(H,35,36). The third kappa shape index (κ3) is 8.33. The molecule has 9 N–H and O–H groups in total. The van der Waals surface area contributed by atoms with E-state index in [1.807, 2.05) is 0 Å². The SMILES string of the molecule is NC(=O)CCC(NC(=O)C(N)Cc1cnc[nH]1)C(=O)NC(CCC(=O)O)C(=O)N1CCCC1C(=O)O. The Morgan fingerprint density at radius 1 is 1.08 bits per heavy atom. The predicted molar refractivity (Wildman–Crippen MR) is 122 cm³/mol. The van der Waals surface area contributed by atoms with Crippen LogP contribution in [0, 0.1) is 0 Å². The Balaban J connectivity index is 2.15. The number of carboxylic acids is 2. The molecule has 1 aliphatic heterocycles. The van der Waals surface area contributed by atoms with E-state index in [1.54, 1.807) is 0 Å². The molecule has 4 unspecified atom stereocenters. The van der Waals surface area contributed by atoms with Crippen molar-refractivity contribution in [1.29, 1.82) is 0 Å². The van der Waals surface area contributed by atoms with Crippen LogP contribution in [0.3, 0.4) is 0 Å². The number of hydrogen-bond donors (Lipinski definition) is 7. The van der Waals surface area contributed by atoms with Crippen LogP contribution in [0.1, 0.15) is 44.2 Å². The van der Waals surface area contributed by atoms with Gasteiger partial charge in [0, 0.05) is 37.7 Å². The first-order chi connectivity index (χ1) is 17.0. The Kier molecular flexibility index (Phi) is 10.3. The fourth-order valence-electron chi connectivity index (χ4n) is 3.85. The van der Waals surface area contributed by atoms with Gasteiger partial charge in [0.05, 0.1) is 12.4 Å². The largest absolute Gasteiger partial charge is 0.481 e. The molecule has 4 amide bonds. The highest BCUT2D eigenvalue weighted by Crippen LogP contribution is 2.20. The molecule has 198 valence electrons. The second kappa shape index (κ2) is 13.2. The number of aromatic nitrogens is 2. The second-order valence-electron chi connectivity index (χ2n) is 8.48. The number of aliphatic carboxylic acids is 2. The quantitative estimate of drug-likeness (QED) is 0.138. The van der Waals surface area contributed by atoms with Gasteiger partial charge < -0.3 is 42.2 Å². The Labute approximate surface area is 206 Å². The van der Waals surface area contributed by atoms with Crippen LogP contribution in [0.5, 0.6) is 0 Å². The van der Waals surface area contributed by atoms with Gasteiger partial charge in [0.15, 0.2) is 0 Å². The molecular weight excluding hydrogens is 478 g/mol. The van der Waals surface area contributed by atoms with Gasteiger partial charge in [0.2, 0.25) is 23.6 Å². The van der Waals surface area contributed by atoms with Gasteiger partial charge in [-0.2, -0.15) is 0 Å². The number of amides is 4. The minimum Gasteiger partial charge on any atom is -0.481 e. The molecule has 2 rings (SSSR count). The molecule has 4 atom stereocenters. The highest BCUT2D eigenvalue weighted by molar-refractivity contribution is 5.94. The number of aromatic amines is 1. The lowest BCUT2D eigenvalue weighted by atomic mass is 10.1. The van der Waals surface area contributed by atoms with E-state index in [-0.39, 0.29) is 38.6 Å². The first-order valence-corrected chi connectivity index (χ1v) is 11.4. The van der Waals surface area contributed by atoms with Gasteiger partial charge in [0.1, 0.15) is 18.1 Å². The molecule has 0 aromatic carbocycles. The highest BCUT2D eigenvalue weighted by atomic mass is 16.4. The van der Waals surface area contributed by atoms with E-state index >= 15 is 0 Å². The van der Waals surface area contributed by atoms with Crippen LogP contribution >= 0.6 is 0 Å². The average molecular weight is 510 g/mol. The van der Waals surface area contributed by atoms with Crippen molar-refractivity contribution in [2.24, 2.45) is 11.5 Å². The van der Waals surface area contributed by atoms with Gasteiger partial charge in [-0.05, 0) is 25.7 Å². The lowest BCUT2D eigenvalue weighted by molar-refractivity contribution is -0.150. The summed E-state index contributed by atoms with van der Waals surface area (Å²) in [5.41, 5.74) is 11.7. The van der Waals surface area contributed by atoms with Crippen molar-refractivity contribution in [3.8, 4) is 0 Å². The Morgan fingerprint density at radius 3 is 2.33 bits per heavy atom. The third-order valence-corrected chi connectivity index (χ3v) is 5.73. The van der Waals surface area contributed by atoms with Crippen LogP contribution in [-0.2, 0) is 35.2 Å². The lowest BCUT2D eigenvalue weighted by Gasteiger charge is -2.28. The number of nitrogens with one attached hydrogen (secondary N) is 3. The molecule has 1 fully saturated rings. The maximum absolute atomic E-state index is 13.1. The predicted octanol–water partition coefficient (Wildman–Crippen LogP) is -2.54. The summed E-state index contributed by atoms with van der Waals surface area (Å²) >= 11 is 0. The summed E-state index contributed by atoms with van der Waals surface area (Å²) in [5.74, 6) is -5.49. The monoisotopic (exact) mass is 509 g/mol. The van der Waals surface area contributed by atoms with Gasteiger partial charge in [0.25, 0.3) is 0 Å². The van der Waals surface area contributed by atoms with Crippen LogP contribution in [-0.4, -0.2) is 91.4 Å². The average Bonchev–Trinajstić information content (AvgIpc) is 3.50. The molecule has 1 aromatic heterocycles. The number of imidazole rings is 1. The molecule has 0 aliphatic carbocycles. The van der Waals surface area contributed by atoms with Gasteiger partial charge in [-0.3, -0.25) is 24.0 Å². The van der Waals surface area contributed by atoms with E-state index in [1.165, 1.54) is 12.5 Å². The molecule has 1 aromatic rings. The normalized spacial score (nSPS) is 17.6. The van der Waals surface area contributed by atoms with E-state index in [2.05, 4.69) is 20.6 Å². The number of carbonyl (C=O) groups excluding carboxylic acids is 4. The van der Waals surface area contributed by atoms with Crippen LogP contribution < -0.4 is 22.1 Å². The fraction of sp³-hybridized carbons (Fsp3) is 0.571. The van der Waals surface area contributed by atoms with E-state index < -0.39 is 66.2 Å². The molecule has 0 spiro atoms. The van der Waals surface area contributed by atoms with Crippen LogP contribution in [0.2, 0.25) is 0 Å². The van der Waals surface area contributed by atoms with Gasteiger partial charge in [-0.1, -0.05) is 0 Å². The van der Waals surface area contributed by atoms with Crippen molar-refractivity contribution >= 4 is 35.6 Å². The zero-order valence-corrected chi connectivity index (χ0v) is 19.5. The minimum atomic E-state index is -1.36. The van der Waals surface area contributed by atoms with Crippen molar-refractivity contribution in [2.45, 2.75) is 69.1 Å². The van der Waals surface area contributed by atoms with Crippen molar-refractivity contribution < 1.29 is 39.0 Å². The van der Waals surface area contributed by atoms with Crippen molar-refractivity contribution in [3.05, 3.63) is 18.2 Å². The molecule has 0 radical (unpaired) electrons. The topological polar surface area (TPSA) is 251 Å². The van der Waals surface area contributed by atoms with E-state index in [4.69, 9.17) is 16.6 Å². The van der Waals surface area contributed by atoms with Crippen molar-refractivity contribution in [2.75, 3.05) is 6.54 Å². The van der Waals surface area contributed by atoms with Gasteiger partial charge in [-0.15, -0.1) is 0 Å². The fourth-order valence-corrected chi connectivity index (χ4v) is 3.85. The van der Waals surface area contributed by atoms with Crippen molar-refractivity contribution in [1.82, 2.24) is 25.5 Å². The number of rotatable bonds is 14. The molecule has 15 nitrogen and oxygen atoms in total. The molecule has 1 saturated heterocycles. The highest BCUT2D eigenvalue weighted by Gasteiger charge is 2.38. The molecule has 0 bridgehead atoms. The van der Waals surface area contributed by atoms with E-state index in [0.29, 0.717) is 12.1 Å². The van der Waals surface area contributed by atoms with Crippen LogP contribution in [0.25, 0.3) is 0 Å². The number of carbonyl (C=O) groups is 6. The molecule has 1 aliphatic rings. The Morgan fingerprint density at radius 2 is 1.75 bits per heavy atom. The zero-order chi connectivity index (χ0) is 26.8. The Bertz CT molecular complexity index is 967. The summed E-state index contributed by atoms with van der Waals surface area (Å²) in [5, 5.41) is 23.3. The third-order valence-electron chi connectivity index (χ3n) is 5.73. The summed E-state index contributed by atoms with van der Waals surface area (Å²) in [7, 11) is 0. The number of nitrogens with zero attached hydrogens (tertiary/aromatic N) is 2. The van der Waals surface area contributed by atoms with Gasteiger partial charge >= 0.3 is 11.9 Å². The summed E-state index contributed by atoms with van der Waals surface area (Å²) < 4.78 is 0. The summed E-state index contributed by atoms with van der Waals surface area (Å²) in [6.45, 7) is 0.138.